The maximum absolute atomic E-state index is 12.4. The monoisotopic (exact) mass is 447 g/mol. The molecule has 0 radical (unpaired) electrons. The molecule has 1 N–H and O–H groups in total. The number of carbonyl (C=O) groups is 1. The Labute approximate surface area is 187 Å². The SMILES string of the molecule is O=C(/C=C/c1ccc(-c2cc(Cl)cc(Cl)c2)o1)Nc1ccc2c(c1)oc1ccccc12. The van der Waals surface area contributed by atoms with Crippen LogP contribution in [0.1, 0.15) is 5.76 Å². The van der Waals surface area contributed by atoms with Crippen molar-refractivity contribution in [1.82, 2.24) is 0 Å². The van der Waals surface area contributed by atoms with Gasteiger partial charge in [0, 0.05) is 44.2 Å². The quantitative estimate of drug-likeness (QED) is 0.285. The third-order valence-corrected chi connectivity index (χ3v) is 5.26. The van der Waals surface area contributed by atoms with E-state index in [1.807, 2.05) is 42.5 Å². The van der Waals surface area contributed by atoms with Crippen LogP contribution in [-0.4, -0.2) is 5.91 Å². The molecule has 0 unspecified atom stereocenters. The van der Waals surface area contributed by atoms with E-state index in [1.165, 1.54) is 6.08 Å². The van der Waals surface area contributed by atoms with Gasteiger partial charge < -0.3 is 14.2 Å². The van der Waals surface area contributed by atoms with Gasteiger partial charge in [-0.2, -0.15) is 0 Å². The number of para-hydroxylation sites is 1. The van der Waals surface area contributed by atoms with E-state index in [4.69, 9.17) is 32.0 Å². The molecule has 1 amide bonds. The van der Waals surface area contributed by atoms with Crippen LogP contribution in [0.4, 0.5) is 5.69 Å². The molecule has 0 saturated heterocycles. The minimum atomic E-state index is -0.279. The number of hydrogen-bond donors (Lipinski definition) is 1. The predicted molar refractivity (Wildman–Crippen MR) is 126 cm³/mol. The third kappa shape index (κ3) is 4.08. The number of rotatable bonds is 4. The van der Waals surface area contributed by atoms with Gasteiger partial charge >= 0.3 is 0 Å². The van der Waals surface area contributed by atoms with E-state index in [0.717, 1.165) is 27.5 Å². The Kier molecular flexibility index (Phi) is 5.02. The highest BCUT2D eigenvalue weighted by Crippen LogP contribution is 2.31. The van der Waals surface area contributed by atoms with E-state index < -0.39 is 0 Å². The Morgan fingerprint density at radius 3 is 2.42 bits per heavy atom. The van der Waals surface area contributed by atoms with Crippen molar-refractivity contribution in [2.45, 2.75) is 0 Å². The lowest BCUT2D eigenvalue weighted by Crippen LogP contribution is -2.07. The molecule has 0 saturated carbocycles. The van der Waals surface area contributed by atoms with Gasteiger partial charge in [-0.15, -0.1) is 0 Å². The molecular formula is C25H15Cl2NO3. The predicted octanol–water partition coefficient (Wildman–Crippen LogP) is 7.80. The smallest absolute Gasteiger partial charge is 0.248 e. The molecule has 0 bridgehead atoms. The molecule has 0 fully saturated rings. The van der Waals surface area contributed by atoms with Crippen LogP contribution in [-0.2, 0) is 4.79 Å². The minimum Gasteiger partial charge on any atom is -0.457 e. The van der Waals surface area contributed by atoms with E-state index in [1.54, 1.807) is 36.4 Å². The van der Waals surface area contributed by atoms with Crippen molar-refractivity contribution >= 4 is 62.8 Å². The summed E-state index contributed by atoms with van der Waals surface area (Å²) < 4.78 is 11.6. The number of carbonyl (C=O) groups excluding carboxylic acids is 1. The zero-order chi connectivity index (χ0) is 21.4. The van der Waals surface area contributed by atoms with Gasteiger partial charge in [0.25, 0.3) is 0 Å². The minimum absolute atomic E-state index is 0.279. The van der Waals surface area contributed by atoms with Crippen LogP contribution >= 0.6 is 23.2 Å². The van der Waals surface area contributed by atoms with E-state index in [0.29, 0.717) is 27.3 Å². The van der Waals surface area contributed by atoms with Crippen molar-refractivity contribution in [3.05, 3.63) is 94.7 Å². The molecule has 5 rings (SSSR count). The molecule has 3 aromatic carbocycles. The van der Waals surface area contributed by atoms with Crippen LogP contribution in [0, 0.1) is 0 Å². The van der Waals surface area contributed by atoms with Crippen molar-refractivity contribution in [3.63, 3.8) is 0 Å². The molecule has 152 valence electrons. The summed E-state index contributed by atoms with van der Waals surface area (Å²) in [6, 6.07) is 22.2. The van der Waals surface area contributed by atoms with Gasteiger partial charge in [0.1, 0.15) is 22.7 Å². The van der Waals surface area contributed by atoms with Gasteiger partial charge in [-0.05, 0) is 54.6 Å². The molecule has 0 aliphatic rings. The van der Waals surface area contributed by atoms with E-state index in [2.05, 4.69) is 5.32 Å². The van der Waals surface area contributed by atoms with Gasteiger partial charge in [0.05, 0.1) is 0 Å². The van der Waals surface area contributed by atoms with E-state index >= 15 is 0 Å². The summed E-state index contributed by atoms with van der Waals surface area (Å²) in [7, 11) is 0. The maximum Gasteiger partial charge on any atom is 0.248 e. The van der Waals surface area contributed by atoms with Crippen LogP contribution in [0.15, 0.2) is 87.7 Å². The first-order chi connectivity index (χ1) is 15.0. The van der Waals surface area contributed by atoms with Gasteiger partial charge in [-0.3, -0.25) is 4.79 Å². The Morgan fingerprint density at radius 2 is 1.58 bits per heavy atom. The average Bonchev–Trinajstić information content (AvgIpc) is 3.36. The number of amides is 1. The maximum atomic E-state index is 12.4. The number of fused-ring (bicyclic) bond motifs is 3. The largest absolute Gasteiger partial charge is 0.457 e. The van der Waals surface area contributed by atoms with Crippen molar-refractivity contribution in [1.29, 1.82) is 0 Å². The second-order valence-corrected chi connectivity index (χ2v) is 7.86. The molecule has 0 atom stereocenters. The molecule has 6 heteroatoms. The summed E-state index contributed by atoms with van der Waals surface area (Å²) in [4.78, 5) is 12.4. The molecule has 0 aliphatic carbocycles. The Hall–Kier alpha value is -3.47. The molecule has 2 aromatic heterocycles. The summed E-state index contributed by atoms with van der Waals surface area (Å²) in [5, 5.41) is 5.94. The fourth-order valence-corrected chi connectivity index (χ4v) is 3.97. The van der Waals surface area contributed by atoms with Gasteiger partial charge in [-0.1, -0.05) is 41.4 Å². The number of benzene rings is 3. The van der Waals surface area contributed by atoms with Crippen LogP contribution in [0.5, 0.6) is 0 Å². The lowest BCUT2D eigenvalue weighted by molar-refractivity contribution is -0.111. The lowest BCUT2D eigenvalue weighted by atomic mass is 10.1. The van der Waals surface area contributed by atoms with Crippen molar-refractivity contribution in [3.8, 4) is 11.3 Å². The summed E-state index contributed by atoms with van der Waals surface area (Å²) in [5.74, 6) is 0.869. The molecule has 4 nitrogen and oxygen atoms in total. The number of anilines is 1. The lowest BCUT2D eigenvalue weighted by Gasteiger charge is -2.01. The average molecular weight is 448 g/mol. The zero-order valence-electron chi connectivity index (χ0n) is 16.1. The Bertz CT molecular complexity index is 1440. The van der Waals surface area contributed by atoms with Gasteiger partial charge in [-0.25, -0.2) is 0 Å². The van der Waals surface area contributed by atoms with E-state index in [9.17, 15) is 4.79 Å². The van der Waals surface area contributed by atoms with Crippen molar-refractivity contribution in [2.24, 2.45) is 0 Å². The molecule has 0 aliphatic heterocycles. The normalized spacial score (nSPS) is 11.5. The molecule has 5 aromatic rings. The second kappa shape index (κ2) is 7.99. The van der Waals surface area contributed by atoms with Gasteiger partial charge in [0.15, 0.2) is 0 Å². The van der Waals surface area contributed by atoms with Crippen LogP contribution in [0.25, 0.3) is 39.3 Å². The molecular weight excluding hydrogens is 433 g/mol. The molecule has 0 spiro atoms. The van der Waals surface area contributed by atoms with Crippen LogP contribution < -0.4 is 5.32 Å². The standard InChI is InChI=1S/C25H15Cl2NO3/c26-16-11-15(12-17(27)13-16)22-9-6-19(30-22)7-10-25(29)28-18-5-8-21-20-3-1-2-4-23(20)31-24(21)14-18/h1-14H,(H,28,29)/b10-7+. The number of halogens is 2. The fraction of sp³-hybridized carbons (Fsp3) is 0. The summed E-state index contributed by atoms with van der Waals surface area (Å²) in [5.41, 5.74) is 2.95. The van der Waals surface area contributed by atoms with E-state index in [-0.39, 0.29) is 5.91 Å². The second-order valence-electron chi connectivity index (χ2n) is 6.99. The topological polar surface area (TPSA) is 55.4 Å². The summed E-state index contributed by atoms with van der Waals surface area (Å²) in [6.07, 6.45) is 3.01. The molecule has 31 heavy (non-hydrogen) atoms. The first-order valence-corrected chi connectivity index (χ1v) is 10.3. The first-order valence-electron chi connectivity index (χ1n) is 9.52. The highest BCUT2D eigenvalue weighted by Gasteiger charge is 2.09. The van der Waals surface area contributed by atoms with Crippen molar-refractivity contribution < 1.29 is 13.6 Å². The zero-order valence-corrected chi connectivity index (χ0v) is 17.6. The number of furan rings is 2. The third-order valence-electron chi connectivity index (χ3n) is 4.82. The number of hydrogen-bond acceptors (Lipinski definition) is 3. The number of nitrogens with one attached hydrogen (secondary N) is 1. The Morgan fingerprint density at radius 1 is 0.806 bits per heavy atom. The summed E-state index contributed by atoms with van der Waals surface area (Å²) >= 11 is 12.1. The van der Waals surface area contributed by atoms with Gasteiger partial charge in [0.2, 0.25) is 5.91 Å². The van der Waals surface area contributed by atoms with Crippen LogP contribution in [0.3, 0.4) is 0 Å². The Balaban J connectivity index is 1.31. The highest BCUT2D eigenvalue weighted by molar-refractivity contribution is 6.35. The highest BCUT2D eigenvalue weighted by atomic mass is 35.5. The van der Waals surface area contributed by atoms with Crippen LogP contribution in [0.2, 0.25) is 10.0 Å². The summed E-state index contributed by atoms with van der Waals surface area (Å²) in [6.45, 7) is 0. The van der Waals surface area contributed by atoms with Crippen molar-refractivity contribution in [2.75, 3.05) is 5.32 Å². The molecule has 2 heterocycles. The fourth-order valence-electron chi connectivity index (χ4n) is 3.44. The first kappa shape index (κ1) is 19.5.